The minimum absolute atomic E-state index is 0.0130. The molecule has 0 amide bonds. The number of benzene rings is 3. The van der Waals surface area contributed by atoms with Gasteiger partial charge in [-0.2, -0.15) is 0 Å². The summed E-state index contributed by atoms with van der Waals surface area (Å²) in [5, 5.41) is 0. The quantitative estimate of drug-likeness (QED) is 0.416. The van der Waals surface area contributed by atoms with Crippen LogP contribution in [0.25, 0.3) is 0 Å². The Morgan fingerprint density at radius 2 is 1.44 bits per heavy atom. The second kappa shape index (κ2) is 10.0. The summed E-state index contributed by atoms with van der Waals surface area (Å²) in [4.78, 5) is 2.81. The molecule has 2 aliphatic heterocycles. The molecular formula is C30H35NO. The monoisotopic (exact) mass is 425 g/mol. The summed E-state index contributed by atoms with van der Waals surface area (Å²) in [7, 11) is 0. The molecule has 0 spiro atoms. The molecule has 32 heavy (non-hydrogen) atoms. The third-order valence-corrected chi connectivity index (χ3v) is 7.49. The van der Waals surface area contributed by atoms with Crippen molar-refractivity contribution in [2.45, 2.75) is 69.7 Å². The fourth-order valence-corrected chi connectivity index (χ4v) is 5.84. The zero-order valence-corrected chi connectivity index (χ0v) is 19.2. The fourth-order valence-electron chi connectivity index (χ4n) is 5.84. The third-order valence-electron chi connectivity index (χ3n) is 7.49. The van der Waals surface area contributed by atoms with Gasteiger partial charge < -0.3 is 4.74 Å². The van der Waals surface area contributed by atoms with E-state index in [-0.39, 0.29) is 6.10 Å². The Balaban J connectivity index is 1.31. The van der Waals surface area contributed by atoms with E-state index in [1.807, 2.05) is 0 Å². The number of nitrogens with zero attached hydrogens (tertiary/aromatic N) is 1. The maximum Gasteiger partial charge on any atom is 0.108 e. The first-order valence-corrected chi connectivity index (χ1v) is 12.3. The Morgan fingerprint density at radius 1 is 0.812 bits per heavy atom. The molecule has 2 aliphatic rings. The summed E-state index contributed by atoms with van der Waals surface area (Å²) in [6.07, 6.45) is 7.78. The van der Waals surface area contributed by atoms with Crippen molar-refractivity contribution in [1.82, 2.24) is 4.90 Å². The van der Waals surface area contributed by atoms with Crippen LogP contribution in [0, 0.1) is 6.92 Å². The molecule has 2 bridgehead atoms. The smallest absolute Gasteiger partial charge is 0.108 e. The largest absolute Gasteiger partial charge is 0.365 e. The number of piperidine rings is 2. The topological polar surface area (TPSA) is 12.5 Å². The van der Waals surface area contributed by atoms with E-state index in [9.17, 15) is 0 Å². The molecule has 0 N–H and O–H groups in total. The van der Waals surface area contributed by atoms with Gasteiger partial charge in [-0.25, -0.2) is 0 Å². The van der Waals surface area contributed by atoms with Gasteiger partial charge in [0.15, 0.2) is 0 Å². The van der Waals surface area contributed by atoms with Crippen LogP contribution in [-0.4, -0.2) is 29.6 Å². The molecule has 2 heterocycles. The molecule has 0 saturated carbocycles. The van der Waals surface area contributed by atoms with Crippen LogP contribution < -0.4 is 0 Å². The lowest BCUT2D eigenvalue weighted by atomic mass is 9.82. The van der Waals surface area contributed by atoms with Gasteiger partial charge in [0.1, 0.15) is 6.10 Å². The number of hydrogen-bond acceptors (Lipinski definition) is 2. The van der Waals surface area contributed by atoms with Crippen LogP contribution in [0.1, 0.15) is 60.5 Å². The van der Waals surface area contributed by atoms with E-state index in [4.69, 9.17) is 4.74 Å². The first kappa shape index (κ1) is 21.4. The lowest BCUT2D eigenvalue weighted by Gasteiger charge is -2.49. The molecule has 3 aromatic carbocycles. The third kappa shape index (κ3) is 4.82. The van der Waals surface area contributed by atoms with Crippen molar-refractivity contribution in [2.24, 2.45) is 0 Å². The fraction of sp³-hybridized carbons (Fsp3) is 0.400. The number of fused-ring (bicyclic) bond motifs is 2. The van der Waals surface area contributed by atoms with E-state index in [1.165, 1.54) is 48.1 Å². The van der Waals surface area contributed by atoms with Gasteiger partial charge in [-0.1, -0.05) is 91.3 Å². The highest BCUT2D eigenvalue weighted by Crippen LogP contribution is 2.39. The summed E-state index contributed by atoms with van der Waals surface area (Å²) in [5.41, 5.74) is 5.32. The summed E-state index contributed by atoms with van der Waals surface area (Å²) in [5.74, 6) is 0. The molecule has 2 heteroatoms. The van der Waals surface area contributed by atoms with Crippen molar-refractivity contribution in [1.29, 1.82) is 0 Å². The van der Waals surface area contributed by atoms with Crippen molar-refractivity contribution in [3.8, 4) is 0 Å². The Hall–Kier alpha value is -2.42. The van der Waals surface area contributed by atoms with Crippen molar-refractivity contribution < 1.29 is 4.74 Å². The first-order chi connectivity index (χ1) is 15.8. The van der Waals surface area contributed by atoms with Crippen LogP contribution in [0.3, 0.4) is 0 Å². The molecule has 0 aromatic heterocycles. The van der Waals surface area contributed by atoms with Crippen molar-refractivity contribution in [3.63, 3.8) is 0 Å². The summed E-state index contributed by atoms with van der Waals surface area (Å²) in [6.45, 7) is 3.38. The minimum atomic E-state index is 0.0130. The molecule has 2 nitrogen and oxygen atoms in total. The van der Waals surface area contributed by atoms with E-state index in [2.05, 4.69) is 96.8 Å². The highest BCUT2D eigenvalue weighted by Gasteiger charge is 2.39. The summed E-state index contributed by atoms with van der Waals surface area (Å²) in [6, 6.07) is 31.8. The van der Waals surface area contributed by atoms with Crippen molar-refractivity contribution in [3.05, 3.63) is 107 Å². The molecule has 3 atom stereocenters. The van der Waals surface area contributed by atoms with E-state index >= 15 is 0 Å². The molecule has 0 radical (unpaired) electrons. The second-order valence-corrected chi connectivity index (χ2v) is 9.59. The summed E-state index contributed by atoms with van der Waals surface area (Å²) < 4.78 is 6.97. The SMILES string of the molecule is Cc1ccccc1C(OC1CC2CCCC(C1)N2CCc1ccccc1)c1ccccc1. The average Bonchev–Trinajstić information content (AvgIpc) is 2.83. The van der Waals surface area contributed by atoms with Crippen LogP contribution in [0.5, 0.6) is 0 Å². The van der Waals surface area contributed by atoms with Crippen LogP contribution in [0.15, 0.2) is 84.9 Å². The summed E-state index contributed by atoms with van der Waals surface area (Å²) >= 11 is 0. The zero-order chi connectivity index (χ0) is 21.8. The van der Waals surface area contributed by atoms with E-state index in [0.29, 0.717) is 18.2 Å². The lowest BCUT2D eigenvalue weighted by molar-refractivity contribution is -0.0797. The standard InChI is InChI=1S/C30H35NO/c1-23-11-8-9-18-29(23)30(25-14-6-3-7-15-25)32-28-21-26-16-10-17-27(22-28)31(26)20-19-24-12-4-2-5-13-24/h2-9,11-15,18,26-28,30H,10,16-17,19-22H2,1H3. The van der Waals surface area contributed by atoms with Crippen LogP contribution >= 0.6 is 0 Å². The molecule has 3 unspecified atom stereocenters. The van der Waals surface area contributed by atoms with Gasteiger partial charge in [-0.05, 0) is 61.3 Å². The average molecular weight is 426 g/mol. The first-order valence-electron chi connectivity index (χ1n) is 12.3. The Labute approximate surface area is 193 Å². The normalized spacial score (nSPS) is 24.2. The molecule has 166 valence electrons. The Bertz CT molecular complexity index is 972. The number of rotatable bonds is 7. The molecule has 2 fully saturated rings. The predicted octanol–water partition coefficient (Wildman–Crippen LogP) is 6.73. The van der Waals surface area contributed by atoms with Crippen LogP contribution in [0.4, 0.5) is 0 Å². The van der Waals surface area contributed by atoms with Crippen LogP contribution in [0.2, 0.25) is 0 Å². The van der Waals surface area contributed by atoms with Gasteiger partial charge in [0, 0.05) is 18.6 Å². The Morgan fingerprint density at radius 3 is 2.12 bits per heavy atom. The molecule has 2 saturated heterocycles. The molecular weight excluding hydrogens is 390 g/mol. The van der Waals surface area contributed by atoms with Gasteiger partial charge in [-0.15, -0.1) is 0 Å². The number of ether oxygens (including phenoxy) is 1. The molecule has 0 aliphatic carbocycles. The highest BCUT2D eigenvalue weighted by molar-refractivity contribution is 5.35. The van der Waals surface area contributed by atoms with Gasteiger partial charge in [0.05, 0.1) is 6.10 Å². The molecule has 5 rings (SSSR count). The van der Waals surface area contributed by atoms with E-state index in [0.717, 1.165) is 19.3 Å². The second-order valence-electron chi connectivity index (χ2n) is 9.59. The highest BCUT2D eigenvalue weighted by atomic mass is 16.5. The maximum atomic E-state index is 6.97. The van der Waals surface area contributed by atoms with Crippen molar-refractivity contribution in [2.75, 3.05) is 6.54 Å². The van der Waals surface area contributed by atoms with Crippen molar-refractivity contribution >= 4 is 0 Å². The predicted molar refractivity (Wildman–Crippen MR) is 132 cm³/mol. The van der Waals surface area contributed by atoms with E-state index < -0.39 is 0 Å². The van der Waals surface area contributed by atoms with E-state index in [1.54, 1.807) is 0 Å². The van der Waals surface area contributed by atoms with Crippen LogP contribution in [-0.2, 0) is 11.2 Å². The van der Waals surface area contributed by atoms with Gasteiger partial charge >= 0.3 is 0 Å². The lowest BCUT2D eigenvalue weighted by Crippen LogP contribution is -2.54. The number of hydrogen-bond donors (Lipinski definition) is 0. The zero-order valence-electron chi connectivity index (χ0n) is 19.2. The maximum absolute atomic E-state index is 6.97. The Kier molecular flexibility index (Phi) is 6.71. The van der Waals surface area contributed by atoms with Gasteiger partial charge in [0.25, 0.3) is 0 Å². The number of aryl methyl sites for hydroxylation is 1. The molecule has 3 aromatic rings. The van der Waals surface area contributed by atoms with Gasteiger partial charge in [-0.3, -0.25) is 4.90 Å². The minimum Gasteiger partial charge on any atom is -0.365 e. The van der Waals surface area contributed by atoms with Gasteiger partial charge in [0.2, 0.25) is 0 Å².